The standard InChI is InChI=1S/C10H13NS/c1-8(7-11)9-5-3-4-6-10(9)12-2/h3-6H,1,7,11H2,2H3. The molecule has 0 saturated carbocycles. The maximum atomic E-state index is 5.52. The highest BCUT2D eigenvalue weighted by Gasteiger charge is 2.01. The van der Waals surface area contributed by atoms with Crippen molar-refractivity contribution in [1.82, 2.24) is 0 Å². The van der Waals surface area contributed by atoms with E-state index < -0.39 is 0 Å². The summed E-state index contributed by atoms with van der Waals surface area (Å²) in [6, 6.07) is 8.18. The molecule has 0 heterocycles. The molecule has 1 aromatic carbocycles. The van der Waals surface area contributed by atoms with Crippen molar-refractivity contribution in [2.75, 3.05) is 12.8 Å². The van der Waals surface area contributed by atoms with E-state index in [9.17, 15) is 0 Å². The van der Waals surface area contributed by atoms with E-state index in [2.05, 4.69) is 25.0 Å². The average molecular weight is 179 g/mol. The fourth-order valence-corrected chi connectivity index (χ4v) is 1.69. The van der Waals surface area contributed by atoms with E-state index in [0.717, 1.165) is 5.57 Å². The zero-order valence-electron chi connectivity index (χ0n) is 7.21. The molecule has 12 heavy (non-hydrogen) atoms. The normalized spacial score (nSPS) is 9.83. The van der Waals surface area contributed by atoms with Crippen LogP contribution in [0.4, 0.5) is 0 Å². The zero-order valence-corrected chi connectivity index (χ0v) is 8.03. The lowest BCUT2D eigenvalue weighted by Gasteiger charge is -2.07. The van der Waals surface area contributed by atoms with Gasteiger partial charge < -0.3 is 5.73 Å². The molecule has 0 aliphatic heterocycles. The molecule has 0 aromatic heterocycles. The lowest BCUT2D eigenvalue weighted by molar-refractivity contribution is 1.24. The fraction of sp³-hybridized carbons (Fsp3) is 0.200. The highest BCUT2D eigenvalue weighted by Crippen LogP contribution is 2.24. The molecule has 0 aliphatic rings. The van der Waals surface area contributed by atoms with E-state index in [0.29, 0.717) is 6.54 Å². The van der Waals surface area contributed by atoms with E-state index in [-0.39, 0.29) is 0 Å². The maximum Gasteiger partial charge on any atom is 0.0178 e. The Morgan fingerprint density at radius 3 is 2.75 bits per heavy atom. The van der Waals surface area contributed by atoms with Crippen molar-refractivity contribution in [1.29, 1.82) is 0 Å². The summed E-state index contributed by atoms with van der Waals surface area (Å²) in [4.78, 5) is 1.24. The Morgan fingerprint density at radius 1 is 1.50 bits per heavy atom. The summed E-state index contributed by atoms with van der Waals surface area (Å²) in [7, 11) is 0. The molecule has 64 valence electrons. The second-order valence-electron chi connectivity index (χ2n) is 2.51. The number of hydrogen-bond donors (Lipinski definition) is 1. The lowest BCUT2D eigenvalue weighted by atomic mass is 10.1. The first-order valence-corrected chi connectivity index (χ1v) is 5.03. The van der Waals surface area contributed by atoms with Gasteiger partial charge in [-0.25, -0.2) is 0 Å². The molecule has 2 N–H and O–H groups in total. The molecular weight excluding hydrogens is 166 g/mol. The molecule has 2 heteroatoms. The van der Waals surface area contributed by atoms with Crippen molar-refractivity contribution >= 4 is 17.3 Å². The van der Waals surface area contributed by atoms with E-state index in [1.54, 1.807) is 11.8 Å². The molecule has 1 nitrogen and oxygen atoms in total. The molecule has 1 rings (SSSR count). The Bertz CT molecular complexity index is 281. The second-order valence-corrected chi connectivity index (χ2v) is 3.36. The fourth-order valence-electron chi connectivity index (χ4n) is 1.05. The minimum atomic E-state index is 0.525. The average Bonchev–Trinajstić information content (AvgIpc) is 2.16. The van der Waals surface area contributed by atoms with Gasteiger partial charge in [-0.1, -0.05) is 24.8 Å². The molecule has 1 aromatic rings. The highest BCUT2D eigenvalue weighted by molar-refractivity contribution is 7.98. The molecular formula is C10H13NS. The van der Waals surface area contributed by atoms with Gasteiger partial charge in [0.05, 0.1) is 0 Å². The van der Waals surface area contributed by atoms with Gasteiger partial charge in [0.1, 0.15) is 0 Å². The van der Waals surface area contributed by atoms with Gasteiger partial charge >= 0.3 is 0 Å². The summed E-state index contributed by atoms with van der Waals surface area (Å²) in [5, 5.41) is 0. The Labute approximate surface area is 77.7 Å². The van der Waals surface area contributed by atoms with Crippen molar-refractivity contribution in [2.24, 2.45) is 5.73 Å². The van der Waals surface area contributed by atoms with Crippen LogP contribution in [0.5, 0.6) is 0 Å². The van der Waals surface area contributed by atoms with Gasteiger partial charge in [-0.3, -0.25) is 0 Å². The molecule has 0 radical (unpaired) electrons. The summed E-state index contributed by atoms with van der Waals surface area (Å²) in [6.07, 6.45) is 2.06. The highest BCUT2D eigenvalue weighted by atomic mass is 32.2. The van der Waals surface area contributed by atoms with E-state index in [1.807, 2.05) is 12.1 Å². The molecule has 0 atom stereocenters. The monoisotopic (exact) mass is 179 g/mol. The summed E-state index contributed by atoms with van der Waals surface area (Å²) in [6.45, 7) is 4.44. The summed E-state index contributed by atoms with van der Waals surface area (Å²) >= 11 is 1.72. The smallest absolute Gasteiger partial charge is 0.0178 e. The number of rotatable bonds is 3. The first-order chi connectivity index (χ1) is 5.79. The van der Waals surface area contributed by atoms with Gasteiger partial charge in [0.15, 0.2) is 0 Å². The van der Waals surface area contributed by atoms with Crippen molar-refractivity contribution in [3.8, 4) is 0 Å². The van der Waals surface area contributed by atoms with Crippen molar-refractivity contribution in [3.63, 3.8) is 0 Å². The molecule has 0 aliphatic carbocycles. The lowest BCUT2D eigenvalue weighted by Crippen LogP contribution is -2.01. The van der Waals surface area contributed by atoms with E-state index in [1.165, 1.54) is 10.5 Å². The summed E-state index contributed by atoms with van der Waals surface area (Å²) < 4.78 is 0. The van der Waals surface area contributed by atoms with Crippen LogP contribution in [0.3, 0.4) is 0 Å². The van der Waals surface area contributed by atoms with Crippen LogP contribution >= 0.6 is 11.8 Å². The van der Waals surface area contributed by atoms with Crippen molar-refractivity contribution < 1.29 is 0 Å². The SMILES string of the molecule is C=C(CN)c1ccccc1SC. The first kappa shape index (κ1) is 9.36. The quantitative estimate of drug-likeness (QED) is 0.721. The third kappa shape index (κ3) is 1.90. The van der Waals surface area contributed by atoms with Crippen molar-refractivity contribution in [2.45, 2.75) is 4.90 Å². The van der Waals surface area contributed by atoms with Gasteiger partial charge in [-0.15, -0.1) is 11.8 Å². The van der Waals surface area contributed by atoms with Gasteiger partial charge in [0.2, 0.25) is 0 Å². The molecule has 0 bridgehead atoms. The maximum absolute atomic E-state index is 5.52. The van der Waals surface area contributed by atoms with Crippen LogP contribution in [0.25, 0.3) is 5.57 Å². The van der Waals surface area contributed by atoms with Crippen LogP contribution in [0.15, 0.2) is 35.7 Å². The summed E-state index contributed by atoms with van der Waals surface area (Å²) in [5.41, 5.74) is 7.69. The number of benzene rings is 1. The molecule has 0 unspecified atom stereocenters. The molecule has 0 saturated heterocycles. The summed E-state index contributed by atoms with van der Waals surface area (Å²) in [5.74, 6) is 0. The third-order valence-corrected chi connectivity index (χ3v) is 2.53. The predicted molar refractivity (Wildman–Crippen MR) is 56.3 cm³/mol. The van der Waals surface area contributed by atoms with Gasteiger partial charge in [0.25, 0.3) is 0 Å². The Morgan fingerprint density at radius 2 is 2.17 bits per heavy atom. The molecule has 0 amide bonds. The van der Waals surface area contributed by atoms with Crippen LogP contribution in [0, 0.1) is 0 Å². The topological polar surface area (TPSA) is 26.0 Å². The van der Waals surface area contributed by atoms with E-state index >= 15 is 0 Å². The predicted octanol–water partition coefficient (Wildman–Crippen LogP) is 2.38. The van der Waals surface area contributed by atoms with E-state index in [4.69, 9.17) is 5.73 Å². The third-order valence-electron chi connectivity index (χ3n) is 1.73. The van der Waals surface area contributed by atoms with Gasteiger partial charge in [-0.05, 0) is 23.5 Å². The van der Waals surface area contributed by atoms with Gasteiger partial charge in [-0.2, -0.15) is 0 Å². The second kappa shape index (κ2) is 4.33. The van der Waals surface area contributed by atoms with Gasteiger partial charge in [0, 0.05) is 11.4 Å². The Balaban J connectivity index is 3.04. The molecule has 0 fully saturated rings. The molecule has 0 spiro atoms. The van der Waals surface area contributed by atoms with Crippen LogP contribution < -0.4 is 5.73 Å². The zero-order chi connectivity index (χ0) is 8.97. The van der Waals surface area contributed by atoms with Crippen LogP contribution in [0.1, 0.15) is 5.56 Å². The van der Waals surface area contributed by atoms with Crippen LogP contribution in [-0.2, 0) is 0 Å². The first-order valence-electron chi connectivity index (χ1n) is 3.81. The Hall–Kier alpha value is -0.730. The minimum Gasteiger partial charge on any atom is -0.326 e. The van der Waals surface area contributed by atoms with Crippen LogP contribution in [0.2, 0.25) is 0 Å². The van der Waals surface area contributed by atoms with Crippen LogP contribution in [-0.4, -0.2) is 12.8 Å². The largest absolute Gasteiger partial charge is 0.326 e. The number of nitrogens with two attached hydrogens (primary N) is 1. The minimum absolute atomic E-state index is 0.525. The van der Waals surface area contributed by atoms with Crippen molar-refractivity contribution in [3.05, 3.63) is 36.4 Å². The Kier molecular flexibility index (Phi) is 3.38. The number of hydrogen-bond acceptors (Lipinski definition) is 2. The number of thioether (sulfide) groups is 1.